The Morgan fingerprint density at radius 3 is 2.38 bits per heavy atom. The second-order valence-corrected chi connectivity index (χ2v) is 7.52. The lowest BCUT2D eigenvalue weighted by Gasteiger charge is -2.17. The number of esters is 1. The van der Waals surface area contributed by atoms with Crippen molar-refractivity contribution < 1.29 is 19.4 Å². The first-order valence-electron chi connectivity index (χ1n) is 11.2. The Kier molecular flexibility index (Phi) is 18.5. The van der Waals surface area contributed by atoms with Gasteiger partial charge in [0.15, 0.2) is 0 Å². The van der Waals surface area contributed by atoms with Crippen LogP contribution in [0, 0.1) is 0 Å². The van der Waals surface area contributed by atoms with E-state index in [1.165, 1.54) is 0 Å². The summed E-state index contributed by atoms with van der Waals surface area (Å²) in [7, 11) is 0. The van der Waals surface area contributed by atoms with Crippen molar-refractivity contribution in [1.29, 1.82) is 0 Å². The van der Waals surface area contributed by atoms with Gasteiger partial charge in [-0.05, 0) is 57.6 Å². The SMILES string of the molecule is CCCCCC(/C=C/C=C\CCCCCCCC(=O)O)OC(=O)[C@@H](N)CCCN. The first kappa shape index (κ1) is 27.3. The van der Waals surface area contributed by atoms with Crippen LogP contribution in [0.2, 0.25) is 0 Å². The van der Waals surface area contributed by atoms with Crippen molar-refractivity contribution >= 4 is 11.9 Å². The number of carboxylic acid groups (broad SMARTS) is 1. The Labute approximate surface area is 176 Å². The van der Waals surface area contributed by atoms with Crippen LogP contribution in [-0.2, 0) is 14.3 Å². The standard InChI is InChI=1S/C23H42N2O4/c1-2-3-11-15-20(29-23(28)21(25)17-14-19-24)16-12-9-7-5-4-6-8-10-13-18-22(26)27/h7,9,12,16,20-21H,2-6,8,10-11,13-15,17-19,24-25H2,1H3,(H,26,27)/b9-7-,16-12+/t20?,21-/m0/s1. The van der Waals surface area contributed by atoms with Crippen molar-refractivity contribution in [2.24, 2.45) is 11.5 Å². The molecule has 0 bridgehead atoms. The number of hydrogen-bond donors (Lipinski definition) is 3. The Morgan fingerprint density at radius 2 is 1.69 bits per heavy atom. The number of carbonyl (C=O) groups is 2. The van der Waals surface area contributed by atoms with Gasteiger partial charge >= 0.3 is 11.9 Å². The number of ether oxygens (including phenoxy) is 1. The molecule has 0 amide bonds. The highest BCUT2D eigenvalue weighted by Crippen LogP contribution is 2.11. The van der Waals surface area contributed by atoms with E-state index < -0.39 is 12.0 Å². The van der Waals surface area contributed by atoms with Gasteiger partial charge in [0, 0.05) is 6.42 Å². The van der Waals surface area contributed by atoms with Crippen LogP contribution < -0.4 is 11.5 Å². The van der Waals surface area contributed by atoms with Crippen LogP contribution in [0.5, 0.6) is 0 Å². The van der Waals surface area contributed by atoms with Crippen LogP contribution in [0.3, 0.4) is 0 Å². The van der Waals surface area contributed by atoms with Crippen molar-refractivity contribution in [2.45, 2.75) is 103 Å². The van der Waals surface area contributed by atoms with E-state index in [4.69, 9.17) is 21.3 Å². The van der Waals surface area contributed by atoms with Gasteiger partial charge in [0.1, 0.15) is 12.1 Å². The van der Waals surface area contributed by atoms with Gasteiger partial charge in [-0.25, -0.2) is 0 Å². The summed E-state index contributed by atoms with van der Waals surface area (Å²) in [4.78, 5) is 22.6. The van der Waals surface area contributed by atoms with Gasteiger partial charge in [-0.2, -0.15) is 0 Å². The number of nitrogens with two attached hydrogens (primary N) is 2. The van der Waals surface area contributed by atoms with Crippen LogP contribution in [-0.4, -0.2) is 35.7 Å². The normalized spacial score (nSPS) is 13.8. The molecule has 0 saturated carbocycles. The minimum Gasteiger partial charge on any atom is -0.481 e. The molecule has 0 aliphatic heterocycles. The first-order chi connectivity index (χ1) is 14.0. The maximum atomic E-state index is 12.1. The first-order valence-corrected chi connectivity index (χ1v) is 11.2. The summed E-state index contributed by atoms with van der Waals surface area (Å²) in [6, 6.07) is -0.605. The van der Waals surface area contributed by atoms with Crippen LogP contribution in [0.15, 0.2) is 24.3 Å². The largest absolute Gasteiger partial charge is 0.481 e. The van der Waals surface area contributed by atoms with E-state index >= 15 is 0 Å². The highest BCUT2D eigenvalue weighted by atomic mass is 16.5. The minimum atomic E-state index is -0.712. The lowest BCUT2D eigenvalue weighted by molar-refractivity contribution is -0.149. The van der Waals surface area contributed by atoms with Crippen molar-refractivity contribution in [3.05, 3.63) is 24.3 Å². The Balaban J connectivity index is 4.17. The molecule has 0 aliphatic carbocycles. The van der Waals surface area contributed by atoms with Crippen LogP contribution in [0.4, 0.5) is 0 Å². The van der Waals surface area contributed by atoms with Crippen molar-refractivity contribution in [2.75, 3.05) is 6.54 Å². The molecule has 168 valence electrons. The van der Waals surface area contributed by atoms with Gasteiger partial charge in [0.25, 0.3) is 0 Å². The van der Waals surface area contributed by atoms with Gasteiger partial charge in [-0.1, -0.05) is 57.3 Å². The Hall–Kier alpha value is -1.66. The van der Waals surface area contributed by atoms with Gasteiger partial charge < -0.3 is 21.3 Å². The van der Waals surface area contributed by atoms with E-state index in [9.17, 15) is 9.59 Å². The number of allylic oxidation sites excluding steroid dienone is 3. The molecule has 6 nitrogen and oxygen atoms in total. The van der Waals surface area contributed by atoms with Crippen molar-refractivity contribution in [1.82, 2.24) is 0 Å². The lowest BCUT2D eigenvalue weighted by Crippen LogP contribution is -2.35. The Bertz CT molecular complexity index is 477. The zero-order valence-electron chi connectivity index (χ0n) is 18.2. The predicted molar refractivity (Wildman–Crippen MR) is 119 cm³/mol. The number of aliphatic carboxylic acids is 1. The smallest absolute Gasteiger partial charge is 0.323 e. The molecule has 0 radical (unpaired) electrons. The van der Waals surface area contributed by atoms with Crippen LogP contribution >= 0.6 is 0 Å². The number of carboxylic acids is 1. The number of rotatable bonds is 19. The zero-order valence-corrected chi connectivity index (χ0v) is 18.2. The molecule has 29 heavy (non-hydrogen) atoms. The van der Waals surface area contributed by atoms with E-state index in [0.717, 1.165) is 70.6 Å². The molecule has 0 fully saturated rings. The molecule has 0 rings (SSSR count). The molecule has 0 heterocycles. The lowest BCUT2D eigenvalue weighted by atomic mass is 10.1. The maximum Gasteiger partial charge on any atom is 0.323 e. The average molecular weight is 411 g/mol. The fourth-order valence-electron chi connectivity index (χ4n) is 2.91. The summed E-state index contributed by atoms with van der Waals surface area (Å²) < 4.78 is 5.59. The predicted octanol–water partition coefficient (Wildman–Crippen LogP) is 4.47. The molecule has 1 unspecified atom stereocenters. The van der Waals surface area contributed by atoms with Gasteiger partial charge in [0.05, 0.1) is 0 Å². The highest BCUT2D eigenvalue weighted by Gasteiger charge is 2.18. The second-order valence-electron chi connectivity index (χ2n) is 7.52. The quantitative estimate of drug-likeness (QED) is 0.164. The minimum absolute atomic E-state index is 0.239. The topological polar surface area (TPSA) is 116 Å². The molecular weight excluding hydrogens is 368 g/mol. The average Bonchev–Trinajstić information content (AvgIpc) is 2.69. The fraction of sp³-hybridized carbons (Fsp3) is 0.739. The molecule has 0 aliphatic rings. The summed E-state index contributed by atoms with van der Waals surface area (Å²) in [6.07, 6.45) is 19.4. The van der Waals surface area contributed by atoms with Crippen molar-refractivity contribution in [3.63, 3.8) is 0 Å². The maximum absolute atomic E-state index is 12.1. The molecule has 0 aromatic carbocycles. The molecule has 0 spiro atoms. The van der Waals surface area contributed by atoms with Crippen LogP contribution in [0.1, 0.15) is 90.4 Å². The van der Waals surface area contributed by atoms with Gasteiger partial charge in [0.2, 0.25) is 0 Å². The molecule has 0 aromatic rings. The fourth-order valence-corrected chi connectivity index (χ4v) is 2.91. The summed E-state index contributed by atoms with van der Waals surface area (Å²) in [6.45, 7) is 2.67. The van der Waals surface area contributed by atoms with E-state index in [-0.39, 0.29) is 18.5 Å². The molecule has 5 N–H and O–H groups in total. The molecule has 0 aromatic heterocycles. The monoisotopic (exact) mass is 410 g/mol. The number of hydrogen-bond acceptors (Lipinski definition) is 5. The summed E-state index contributed by atoms with van der Waals surface area (Å²) in [5, 5.41) is 8.59. The van der Waals surface area contributed by atoms with Crippen molar-refractivity contribution in [3.8, 4) is 0 Å². The molecule has 2 atom stereocenters. The Morgan fingerprint density at radius 1 is 0.966 bits per heavy atom. The third-order valence-electron chi connectivity index (χ3n) is 4.72. The number of unbranched alkanes of at least 4 members (excludes halogenated alkanes) is 7. The number of carbonyl (C=O) groups excluding carboxylic acids is 1. The highest BCUT2D eigenvalue weighted by molar-refractivity contribution is 5.75. The van der Waals surface area contributed by atoms with E-state index in [0.29, 0.717) is 13.0 Å². The summed E-state index contributed by atoms with van der Waals surface area (Å²) >= 11 is 0. The van der Waals surface area contributed by atoms with E-state index in [1.54, 1.807) is 0 Å². The molecular formula is C23H42N2O4. The third-order valence-corrected chi connectivity index (χ3v) is 4.72. The summed E-state index contributed by atoms with van der Waals surface area (Å²) in [5.41, 5.74) is 11.3. The van der Waals surface area contributed by atoms with Gasteiger partial charge in [-0.15, -0.1) is 0 Å². The van der Waals surface area contributed by atoms with Gasteiger partial charge in [-0.3, -0.25) is 9.59 Å². The van der Waals surface area contributed by atoms with E-state index in [2.05, 4.69) is 13.0 Å². The molecule has 6 heteroatoms. The van der Waals surface area contributed by atoms with Crippen LogP contribution in [0.25, 0.3) is 0 Å². The molecule has 0 saturated heterocycles. The third kappa shape index (κ3) is 18.1. The zero-order chi connectivity index (χ0) is 21.7. The second kappa shape index (κ2) is 19.6. The summed E-state index contributed by atoms with van der Waals surface area (Å²) in [5.74, 6) is -1.06. The van der Waals surface area contributed by atoms with E-state index in [1.807, 2.05) is 18.2 Å².